The Morgan fingerprint density at radius 1 is 1.33 bits per heavy atom. The fourth-order valence-electron chi connectivity index (χ4n) is 1.83. The molecule has 0 aliphatic carbocycles. The van der Waals surface area contributed by atoms with Gasteiger partial charge in [0.1, 0.15) is 5.69 Å². The number of rotatable bonds is 2. The molecule has 5 nitrogen and oxygen atoms in total. The zero-order valence-corrected chi connectivity index (χ0v) is 9.75. The third-order valence-corrected chi connectivity index (χ3v) is 2.74. The summed E-state index contributed by atoms with van der Waals surface area (Å²) in [6, 6.07) is 11.1. The topological polar surface area (TPSA) is 59.9 Å². The van der Waals surface area contributed by atoms with Crippen molar-refractivity contribution in [1.29, 1.82) is 0 Å². The number of esters is 1. The molecule has 18 heavy (non-hydrogen) atoms. The first-order valence-electron chi connectivity index (χ1n) is 5.52. The maximum atomic E-state index is 11.9. The Balaban J connectivity index is 1.88. The fourth-order valence-corrected chi connectivity index (χ4v) is 1.83. The van der Waals surface area contributed by atoms with Crippen LogP contribution in [0.15, 0.2) is 42.6 Å². The molecule has 0 amide bonds. The van der Waals surface area contributed by atoms with Gasteiger partial charge in [0.05, 0.1) is 0 Å². The first kappa shape index (κ1) is 10.6. The molecule has 0 saturated heterocycles. The van der Waals surface area contributed by atoms with Crippen LogP contribution in [0.2, 0.25) is 0 Å². The number of nitrogens with zero attached hydrogens (tertiary/aromatic N) is 2. The Morgan fingerprint density at radius 2 is 2.17 bits per heavy atom. The van der Waals surface area contributed by atoms with Gasteiger partial charge in [-0.2, -0.15) is 5.10 Å². The highest BCUT2D eigenvalue weighted by Crippen LogP contribution is 2.20. The van der Waals surface area contributed by atoms with E-state index >= 15 is 0 Å². The lowest BCUT2D eigenvalue weighted by Crippen LogP contribution is -2.13. The van der Waals surface area contributed by atoms with E-state index < -0.39 is 5.97 Å². The summed E-state index contributed by atoms with van der Waals surface area (Å²) in [5, 5.41) is 4.93. The predicted octanol–water partition coefficient (Wildman–Crippen LogP) is 2.12. The van der Waals surface area contributed by atoms with Gasteiger partial charge in [-0.25, -0.2) is 4.79 Å². The number of benzene rings is 1. The average molecular weight is 241 g/mol. The van der Waals surface area contributed by atoms with E-state index in [4.69, 9.17) is 4.74 Å². The summed E-state index contributed by atoms with van der Waals surface area (Å²) in [7, 11) is 1.70. The van der Waals surface area contributed by atoms with E-state index in [-0.39, 0.29) is 0 Å². The second-order valence-electron chi connectivity index (χ2n) is 3.95. The van der Waals surface area contributed by atoms with Crippen molar-refractivity contribution in [3.05, 3.63) is 48.3 Å². The van der Waals surface area contributed by atoms with Crippen LogP contribution in [0.5, 0.6) is 5.88 Å². The van der Waals surface area contributed by atoms with E-state index in [1.54, 1.807) is 25.4 Å². The van der Waals surface area contributed by atoms with Crippen molar-refractivity contribution < 1.29 is 9.53 Å². The molecule has 0 radical (unpaired) electrons. The van der Waals surface area contributed by atoms with E-state index in [0.717, 1.165) is 10.9 Å². The molecule has 0 unspecified atom stereocenters. The van der Waals surface area contributed by atoms with Gasteiger partial charge in [0, 0.05) is 30.2 Å². The Kier molecular flexibility index (Phi) is 2.37. The van der Waals surface area contributed by atoms with Crippen molar-refractivity contribution in [3.8, 4) is 5.88 Å². The quantitative estimate of drug-likeness (QED) is 0.699. The minimum Gasteiger partial charge on any atom is -0.405 e. The molecule has 0 bridgehead atoms. The second-order valence-corrected chi connectivity index (χ2v) is 3.95. The van der Waals surface area contributed by atoms with Crippen LogP contribution in [0, 0.1) is 0 Å². The monoisotopic (exact) mass is 241 g/mol. The van der Waals surface area contributed by atoms with E-state index in [2.05, 4.69) is 10.1 Å². The molecule has 1 N–H and O–H groups in total. The van der Waals surface area contributed by atoms with Crippen LogP contribution in [0.25, 0.3) is 10.9 Å². The van der Waals surface area contributed by atoms with Gasteiger partial charge >= 0.3 is 5.97 Å². The molecular formula is C13H11N3O2. The maximum Gasteiger partial charge on any atom is 0.363 e. The number of aromatic amines is 1. The number of nitrogens with one attached hydrogen (secondary N) is 1. The SMILES string of the molecule is Cn1nccc1C(=O)Oc1cc2ccccc2[nH]1. The van der Waals surface area contributed by atoms with Crippen molar-refractivity contribution >= 4 is 16.9 Å². The number of para-hydroxylation sites is 1. The minimum atomic E-state index is -0.429. The van der Waals surface area contributed by atoms with Crippen LogP contribution in [-0.4, -0.2) is 20.7 Å². The number of ether oxygens (including phenoxy) is 1. The third kappa shape index (κ3) is 1.75. The molecule has 3 aromatic rings. The first-order chi connectivity index (χ1) is 8.74. The highest BCUT2D eigenvalue weighted by molar-refractivity contribution is 5.90. The molecule has 2 aromatic heterocycles. The molecule has 0 atom stereocenters. The van der Waals surface area contributed by atoms with Crippen LogP contribution < -0.4 is 4.74 Å². The molecule has 0 saturated carbocycles. The van der Waals surface area contributed by atoms with E-state index in [9.17, 15) is 4.79 Å². The first-order valence-corrected chi connectivity index (χ1v) is 5.52. The molecule has 5 heteroatoms. The van der Waals surface area contributed by atoms with Crippen LogP contribution in [0.3, 0.4) is 0 Å². The predicted molar refractivity (Wildman–Crippen MR) is 66.5 cm³/mol. The lowest BCUT2D eigenvalue weighted by molar-refractivity contribution is 0.0717. The largest absolute Gasteiger partial charge is 0.405 e. The lowest BCUT2D eigenvalue weighted by Gasteiger charge is -2.01. The Morgan fingerprint density at radius 3 is 2.89 bits per heavy atom. The van der Waals surface area contributed by atoms with Crippen LogP contribution in [0.1, 0.15) is 10.5 Å². The van der Waals surface area contributed by atoms with Crippen molar-refractivity contribution in [2.24, 2.45) is 7.05 Å². The summed E-state index contributed by atoms with van der Waals surface area (Å²) in [5.74, 6) is 0.00366. The van der Waals surface area contributed by atoms with Crippen LogP contribution in [-0.2, 0) is 7.05 Å². The third-order valence-electron chi connectivity index (χ3n) is 2.74. The molecule has 3 rings (SSSR count). The number of aryl methyl sites for hydroxylation is 1. The Bertz CT molecular complexity index is 679. The number of fused-ring (bicyclic) bond motifs is 1. The van der Waals surface area contributed by atoms with Gasteiger partial charge < -0.3 is 9.72 Å². The van der Waals surface area contributed by atoms with Gasteiger partial charge in [0.25, 0.3) is 0 Å². The minimum absolute atomic E-state index is 0.411. The maximum absolute atomic E-state index is 11.9. The van der Waals surface area contributed by atoms with Gasteiger partial charge in [-0.1, -0.05) is 18.2 Å². The van der Waals surface area contributed by atoms with Gasteiger partial charge in [0.15, 0.2) is 0 Å². The van der Waals surface area contributed by atoms with Crippen molar-refractivity contribution in [1.82, 2.24) is 14.8 Å². The summed E-state index contributed by atoms with van der Waals surface area (Å²) < 4.78 is 6.75. The molecule has 0 aliphatic rings. The van der Waals surface area contributed by atoms with Gasteiger partial charge in [0.2, 0.25) is 5.88 Å². The molecule has 1 aromatic carbocycles. The number of aromatic nitrogens is 3. The molecule has 0 fully saturated rings. The van der Waals surface area contributed by atoms with E-state index in [0.29, 0.717) is 11.6 Å². The number of carbonyl (C=O) groups excluding carboxylic acids is 1. The van der Waals surface area contributed by atoms with Crippen molar-refractivity contribution in [3.63, 3.8) is 0 Å². The van der Waals surface area contributed by atoms with Crippen LogP contribution >= 0.6 is 0 Å². The molecule has 90 valence electrons. The average Bonchev–Trinajstić information content (AvgIpc) is 2.94. The summed E-state index contributed by atoms with van der Waals surface area (Å²) >= 11 is 0. The number of hydrogen-bond acceptors (Lipinski definition) is 3. The van der Waals surface area contributed by atoms with E-state index in [1.807, 2.05) is 24.3 Å². The van der Waals surface area contributed by atoms with Crippen LogP contribution in [0.4, 0.5) is 0 Å². The second kappa shape index (κ2) is 4.03. The summed E-state index contributed by atoms with van der Waals surface area (Å²) in [5.41, 5.74) is 1.35. The van der Waals surface area contributed by atoms with Crippen molar-refractivity contribution in [2.45, 2.75) is 0 Å². The fraction of sp³-hybridized carbons (Fsp3) is 0.0769. The number of hydrogen-bond donors (Lipinski definition) is 1. The zero-order valence-electron chi connectivity index (χ0n) is 9.75. The summed E-state index contributed by atoms with van der Waals surface area (Å²) in [4.78, 5) is 14.9. The Hall–Kier alpha value is -2.56. The summed E-state index contributed by atoms with van der Waals surface area (Å²) in [6.07, 6.45) is 1.56. The van der Waals surface area contributed by atoms with Gasteiger partial charge in [-0.15, -0.1) is 0 Å². The highest BCUT2D eigenvalue weighted by Gasteiger charge is 2.13. The number of carbonyl (C=O) groups is 1. The zero-order chi connectivity index (χ0) is 12.5. The molecular weight excluding hydrogens is 230 g/mol. The van der Waals surface area contributed by atoms with E-state index in [1.165, 1.54) is 4.68 Å². The molecule has 0 aliphatic heterocycles. The highest BCUT2D eigenvalue weighted by atomic mass is 16.5. The van der Waals surface area contributed by atoms with Gasteiger partial charge in [-0.3, -0.25) is 4.68 Å². The summed E-state index contributed by atoms with van der Waals surface area (Å²) in [6.45, 7) is 0. The lowest BCUT2D eigenvalue weighted by atomic mass is 10.3. The standard InChI is InChI=1S/C13H11N3O2/c1-16-11(6-7-14-16)13(17)18-12-8-9-4-2-3-5-10(9)15-12/h2-8,15H,1H3. The Labute approximate surface area is 103 Å². The molecule has 0 spiro atoms. The normalized spacial score (nSPS) is 10.7. The number of H-pyrrole nitrogens is 1. The van der Waals surface area contributed by atoms with Crippen molar-refractivity contribution in [2.75, 3.05) is 0 Å². The van der Waals surface area contributed by atoms with Gasteiger partial charge in [-0.05, 0) is 12.1 Å². The smallest absolute Gasteiger partial charge is 0.363 e. The molecule has 2 heterocycles.